The third-order valence-electron chi connectivity index (χ3n) is 2.99. The Morgan fingerprint density at radius 2 is 1.90 bits per heavy atom. The molecule has 0 aliphatic heterocycles. The van der Waals surface area contributed by atoms with Crippen LogP contribution in [0, 0.1) is 0 Å². The van der Waals surface area contributed by atoms with Crippen LogP contribution in [-0.2, 0) is 0 Å². The van der Waals surface area contributed by atoms with Crippen molar-refractivity contribution in [3.8, 4) is 0 Å². The Hall–Kier alpha value is -2.95. The number of nitrogens with one attached hydrogen (secondary N) is 1. The fraction of sp³-hybridized carbons (Fsp3) is 0.0625. The van der Waals surface area contributed by atoms with E-state index in [4.69, 9.17) is 5.73 Å². The van der Waals surface area contributed by atoms with Crippen molar-refractivity contribution in [2.45, 2.75) is 6.92 Å². The molecular weight excluding hydrogens is 262 g/mol. The van der Waals surface area contributed by atoms with Gasteiger partial charge in [-0.1, -0.05) is 18.2 Å². The van der Waals surface area contributed by atoms with Crippen molar-refractivity contribution in [3.05, 3.63) is 60.1 Å². The molecule has 0 unspecified atom stereocenters. The predicted octanol–water partition coefficient (Wildman–Crippen LogP) is 3.08. The molecular formula is C16H15N5. The van der Waals surface area contributed by atoms with Gasteiger partial charge in [-0.15, -0.1) is 0 Å². The summed E-state index contributed by atoms with van der Waals surface area (Å²) in [5, 5.41) is 4.20. The van der Waals surface area contributed by atoms with Crippen LogP contribution >= 0.6 is 0 Å². The minimum atomic E-state index is 0.252. The molecule has 3 rings (SSSR count). The zero-order chi connectivity index (χ0) is 14.7. The average Bonchev–Trinajstić information content (AvgIpc) is 2.48. The number of pyridine rings is 1. The van der Waals surface area contributed by atoms with E-state index < -0.39 is 0 Å². The number of aromatic nitrogens is 3. The highest BCUT2D eigenvalue weighted by atomic mass is 15.1. The summed E-state index contributed by atoms with van der Waals surface area (Å²) < 4.78 is 0. The van der Waals surface area contributed by atoms with Crippen LogP contribution in [-0.4, -0.2) is 15.0 Å². The molecule has 1 aromatic carbocycles. The molecule has 0 atom stereocenters. The number of nitrogens with zero attached hydrogens (tertiary/aromatic N) is 3. The number of allylic oxidation sites excluding steroid dienone is 1. The standard InChI is InChI=1S/C16H15N5/c1-11(10-12-6-4-5-9-18-12)19-15-13-7-2-3-8-14(13)20-16(17)21-15/h2-10H,1H3,(H3,17,19,20,21). The van der Waals surface area contributed by atoms with E-state index in [-0.39, 0.29) is 5.95 Å². The maximum atomic E-state index is 5.76. The molecule has 0 saturated carbocycles. The molecule has 0 saturated heterocycles. The summed E-state index contributed by atoms with van der Waals surface area (Å²) in [7, 11) is 0. The summed E-state index contributed by atoms with van der Waals surface area (Å²) in [6.45, 7) is 1.96. The monoisotopic (exact) mass is 277 g/mol. The Bertz CT molecular complexity index is 796. The molecule has 104 valence electrons. The number of hydrogen-bond acceptors (Lipinski definition) is 5. The number of rotatable bonds is 3. The van der Waals surface area contributed by atoms with Crippen LogP contribution in [0.1, 0.15) is 12.6 Å². The number of fused-ring (bicyclic) bond motifs is 1. The first-order valence-corrected chi connectivity index (χ1v) is 6.61. The average molecular weight is 277 g/mol. The summed E-state index contributed by atoms with van der Waals surface area (Å²) in [6.07, 6.45) is 3.71. The largest absolute Gasteiger partial charge is 0.368 e. The molecule has 0 aliphatic rings. The van der Waals surface area contributed by atoms with Gasteiger partial charge >= 0.3 is 0 Å². The number of hydrogen-bond donors (Lipinski definition) is 2. The van der Waals surface area contributed by atoms with Crippen LogP contribution in [0.3, 0.4) is 0 Å². The number of para-hydroxylation sites is 1. The molecule has 5 nitrogen and oxygen atoms in total. The van der Waals surface area contributed by atoms with E-state index in [1.165, 1.54) is 0 Å². The Morgan fingerprint density at radius 1 is 1.10 bits per heavy atom. The first kappa shape index (κ1) is 13.1. The van der Waals surface area contributed by atoms with Crippen molar-refractivity contribution < 1.29 is 0 Å². The Morgan fingerprint density at radius 3 is 2.71 bits per heavy atom. The van der Waals surface area contributed by atoms with Crippen LogP contribution in [0.4, 0.5) is 11.8 Å². The van der Waals surface area contributed by atoms with Crippen LogP contribution in [0.25, 0.3) is 17.0 Å². The van der Waals surface area contributed by atoms with Gasteiger partial charge in [0, 0.05) is 17.3 Å². The number of nitrogen functional groups attached to an aromatic ring is 1. The van der Waals surface area contributed by atoms with Crippen molar-refractivity contribution >= 4 is 28.7 Å². The van der Waals surface area contributed by atoms with Crippen molar-refractivity contribution in [2.24, 2.45) is 0 Å². The van der Waals surface area contributed by atoms with Crippen LogP contribution in [0.5, 0.6) is 0 Å². The highest BCUT2D eigenvalue weighted by molar-refractivity contribution is 5.90. The van der Waals surface area contributed by atoms with Gasteiger partial charge in [-0.25, -0.2) is 4.98 Å². The topological polar surface area (TPSA) is 76.7 Å². The quantitative estimate of drug-likeness (QED) is 0.769. The lowest BCUT2D eigenvalue weighted by Gasteiger charge is -2.09. The molecule has 0 radical (unpaired) electrons. The summed E-state index contributed by atoms with van der Waals surface area (Å²) in [6, 6.07) is 13.5. The smallest absolute Gasteiger partial charge is 0.222 e. The highest BCUT2D eigenvalue weighted by Crippen LogP contribution is 2.22. The second kappa shape index (κ2) is 5.58. The maximum absolute atomic E-state index is 5.76. The Kier molecular flexibility index (Phi) is 3.47. The van der Waals surface area contributed by atoms with Gasteiger partial charge in [0.25, 0.3) is 0 Å². The molecule has 0 amide bonds. The predicted molar refractivity (Wildman–Crippen MR) is 85.5 cm³/mol. The van der Waals surface area contributed by atoms with Crippen molar-refractivity contribution in [1.82, 2.24) is 15.0 Å². The number of benzene rings is 1. The van der Waals surface area contributed by atoms with E-state index in [0.29, 0.717) is 5.82 Å². The van der Waals surface area contributed by atoms with E-state index in [2.05, 4.69) is 20.3 Å². The van der Waals surface area contributed by atoms with Crippen molar-refractivity contribution in [3.63, 3.8) is 0 Å². The van der Waals surface area contributed by atoms with E-state index in [9.17, 15) is 0 Å². The van der Waals surface area contributed by atoms with Gasteiger partial charge in [0.1, 0.15) is 5.82 Å². The van der Waals surface area contributed by atoms with Crippen molar-refractivity contribution in [1.29, 1.82) is 0 Å². The zero-order valence-electron chi connectivity index (χ0n) is 11.6. The minimum Gasteiger partial charge on any atom is -0.368 e. The second-order valence-electron chi connectivity index (χ2n) is 4.65. The van der Waals surface area contributed by atoms with E-state index in [1.54, 1.807) is 6.20 Å². The van der Waals surface area contributed by atoms with Crippen LogP contribution in [0.15, 0.2) is 54.4 Å². The van der Waals surface area contributed by atoms with Crippen LogP contribution < -0.4 is 11.1 Å². The van der Waals surface area contributed by atoms with Gasteiger partial charge in [0.15, 0.2) is 0 Å². The lowest BCUT2D eigenvalue weighted by atomic mass is 10.2. The third kappa shape index (κ3) is 2.97. The van der Waals surface area contributed by atoms with Gasteiger partial charge in [-0.2, -0.15) is 4.98 Å². The molecule has 5 heteroatoms. The molecule has 3 N–H and O–H groups in total. The molecule has 0 fully saturated rings. The normalized spacial score (nSPS) is 11.6. The van der Waals surface area contributed by atoms with Gasteiger partial charge in [0.05, 0.1) is 11.2 Å². The number of anilines is 2. The minimum absolute atomic E-state index is 0.252. The van der Waals surface area contributed by atoms with Gasteiger partial charge in [0.2, 0.25) is 5.95 Å². The van der Waals surface area contributed by atoms with E-state index in [1.807, 2.05) is 55.5 Å². The molecule has 2 aromatic heterocycles. The molecule has 0 aliphatic carbocycles. The number of nitrogens with two attached hydrogens (primary N) is 1. The first-order chi connectivity index (χ1) is 10.2. The Balaban J connectivity index is 1.96. The summed E-state index contributed by atoms with van der Waals surface area (Å²) in [5.74, 6) is 0.949. The molecule has 3 aromatic rings. The lowest BCUT2D eigenvalue weighted by Crippen LogP contribution is -2.03. The van der Waals surface area contributed by atoms with Crippen molar-refractivity contribution in [2.75, 3.05) is 11.1 Å². The highest BCUT2D eigenvalue weighted by Gasteiger charge is 2.05. The second-order valence-corrected chi connectivity index (χ2v) is 4.65. The fourth-order valence-corrected chi connectivity index (χ4v) is 2.10. The lowest BCUT2D eigenvalue weighted by molar-refractivity contribution is 1.21. The van der Waals surface area contributed by atoms with E-state index >= 15 is 0 Å². The summed E-state index contributed by atoms with van der Waals surface area (Å²) in [4.78, 5) is 12.8. The maximum Gasteiger partial charge on any atom is 0.222 e. The SMILES string of the molecule is CC(=Cc1ccccn1)Nc1nc(N)nc2ccccc12. The first-order valence-electron chi connectivity index (χ1n) is 6.61. The molecule has 0 bridgehead atoms. The van der Waals surface area contributed by atoms with Gasteiger partial charge < -0.3 is 11.1 Å². The van der Waals surface area contributed by atoms with Gasteiger partial charge in [-0.3, -0.25) is 4.98 Å². The molecule has 2 heterocycles. The zero-order valence-corrected chi connectivity index (χ0v) is 11.6. The summed E-state index contributed by atoms with van der Waals surface area (Å²) >= 11 is 0. The van der Waals surface area contributed by atoms with E-state index in [0.717, 1.165) is 22.3 Å². The fourth-order valence-electron chi connectivity index (χ4n) is 2.10. The molecule has 21 heavy (non-hydrogen) atoms. The molecule has 0 spiro atoms. The Labute approximate surface area is 122 Å². The van der Waals surface area contributed by atoms with Crippen LogP contribution in [0.2, 0.25) is 0 Å². The van der Waals surface area contributed by atoms with Gasteiger partial charge in [-0.05, 0) is 37.3 Å². The summed E-state index contributed by atoms with van der Waals surface area (Å²) in [5.41, 5.74) is 8.39. The third-order valence-corrected chi connectivity index (χ3v) is 2.99.